The normalized spacial score (nSPS) is 12.7. The van der Waals surface area contributed by atoms with E-state index in [0.29, 0.717) is 17.5 Å². The first-order chi connectivity index (χ1) is 31.4. The molecule has 302 valence electrons. The van der Waals surface area contributed by atoms with Gasteiger partial charge in [-0.25, -0.2) is 15.0 Å². The molecule has 0 saturated carbocycles. The predicted molar refractivity (Wildman–Crippen MR) is 263 cm³/mol. The Morgan fingerprint density at radius 2 is 0.781 bits per heavy atom. The van der Waals surface area contributed by atoms with E-state index >= 15 is 0 Å². The van der Waals surface area contributed by atoms with Crippen molar-refractivity contribution in [1.29, 1.82) is 0 Å². The average molecular weight is 820 g/mol. The molecule has 2 aromatic heterocycles. The first-order valence-corrected chi connectivity index (χ1v) is 21.8. The molecule has 64 heavy (non-hydrogen) atoms. The number of aromatic nitrogens is 3. The largest absolute Gasteiger partial charge is 0.456 e. The van der Waals surface area contributed by atoms with Crippen LogP contribution in [-0.4, -0.2) is 15.0 Å². The topological polar surface area (TPSA) is 51.8 Å². The molecule has 0 unspecified atom stereocenters. The number of benzene rings is 9. The first-order valence-electron chi connectivity index (χ1n) is 21.8. The van der Waals surface area contributed by atoms with Crippen LogP contribution in [0.2, 0.25) is 0 Å². The summed E-state index contributed by atoms with van der Waals surface area (Å²) in [4.78, 5) is 15.6. The summed E-state index contributed by atoms with van der Waals surface area (Å²) in [6, 6.07) is 75.0. The molecule has 0 N–H and O–H groups in total. The Hall–Kier alpha value is -8.21. The molecule has 2 heterocycles. The summed E-state index contributed by atoms with van der Waals surface area (Å²) < 4.78 is 6.54. The zero-order valence-electron chi connectivity index (χ0n) is 35.5. The third kappa shape index (κ3) is 6.42. The number of furan rings is 1. The molecule has 0 atom stereocenters. The quantitative estimate of drug-likeness (QED) is 0.161. The Morgan fingerprint density at radius 1 is 0.312 bits per heavy atom. The molecule has 11 aromatic rings. The highest BCUT2D eigenvalue weighted by molar-refractivity contribution is 6.12. The molecule has 0 saturated heterocycles. The highest BCUT2D eigenvalue weighted by atomic mass is 16.3. The third-order valence-electron chi connectivity index (χ3n) is 13.0. The van der Waals surface area contributed by atoms with E-state index < -0.39 is 0 Å². The number of hydrogen-bond acceptors (Lipinski definition) is 4. The lowest BCUT2D eigenvalue weighted by atomic mass is 9.81. The van der Waals surface area contributed by atoms with E-state index in [1.807, 2.05) is 24.3 Å². The van der Waals surface area contributed by atoms with Gasteiger partial charge in [-0.2, -0.15) is 0 Å². The Bertz CT molecular complexity index is 3550. The lowest BCUT2D eigenvalue weighted by Gasteiger charge is -2.22. The summed E-state index contributed by atoms with van der Waals surface area (Å²) in [5, 5.41) is 1.98. The molecule has 0 radical (unpaired) electrons. The summed E-state index contributed by atoms with van der Waals surface area (Å²) >= 11 is 0. The van der Waals surface area contributed by atoms with Crippen molar-refractivity contribution in [2.45, 2.75) is 19.3 Å². The van der Waals surface area contributed by atoms with Crippen LogP contribution in [0.25, 0.3) is 112 Å². The van der Waals surface area contributed by atoms with Gasteiger partial charge in [-0.3, -0.25) is 0 Å². The van der Waals surface area contributed by atoms with Gasteiger partial charge in [0.15, 0.2) is 17.5 Å². The lowest BCUT2D eigenvalue weighted by molar-refractivity contribution is 0.660. The smallest absolute Gasteiger partial charge is 0.164 e. The van der Waals surface area contributed by atoms with Crippen molar-refractivity contribution in [3.63, 3.8) is 0 Å². The van der Waals surface area contributed by atoms with E-state index in [4.69, 9.17) is 19.4 Å². The van der Waals surface area contributed by atoms with Crippen LogP contribution in [0, 0.1) is 0 Å². The first kappa shape index (κ1) is 37.5. The van der Waals surface area contributed by atoms with Gasteiger partial charge in [0, 0.05) is 32.9 Å². The number of nitrogens with zero attached hydrogens (tertiary/aromatic N) is 3. The molecule has 12 rings (SSSR count). The summed E-state index contributed by atoms with van der Waals surface area (Å²) in [6.45, 7) is 4.67. The van der Waals surface area contributed by atoms with Crippen molar-refractivity contribution in [2.75, 3.05) is 0 Å². The minimum Gasteiger partial charge on any atom is -0.456 e. The minimum absolute atomic E-state index is 0.0461. The molecule has 4 heteroatoms. The molecule has 0 amide bonds. The molecule has 9 aromatic carbocycles. The molecule has 0 bridgehead atoms. The SMILES string of the molecule is CC1(C)c2ccccc2-c2ccc(-c3ccc(-c4ccc5oc6cccc(-c7nc(-c8ccc(-c9ccccc9)cc8)nc(-c8cccc(-c9ccccc9)c8)n7)c6c5c4)cc3)cc21. The number of hydrogen-bond donors (Lipinski definition) is 0. The molecule has 1 aliphatic rings. The van der Waals surface area contributed by atoms with Gasteiger partial charge in [0.05, 0.1) is 0 Å². The lowest BCUT2D eigenvalue weighted by Crippen LogP contribution is -2.14. The summed E-state index contributed by atoms with van der Waals surface area (Å²) in [7, 11) is 0. The Balaban J connectivity index is 0.946. The second-order valence-corrected chi connectivity index (χ2v) is 17.2. The van der Waals surface area contributed by atoms with Crippen molar-refractivity contribution in [1.82, 2.24) is 15.0 Å². The zero-order valence-corrected chi connectivity index (χ0v) is 35.5. The maximum atomic E-state index is 6.54. The van der Waals surface area contributed by atoms with Crippen molar-refractivity contribution >= 4 is 21.9 Å². The van der Waals surface area contributed by atoms with Crippen LogP contribution in [0.4, 0.5) is 0 Å². The third-order valence-corrected chi connectivity index (χ3v) is 13.0. The van der Waals surface area contributed by atoms with Crippen molar-refractivity contribution < 1.29 is 4.42 Å². The van der Waals surface area contributed by atoms with Crippen molar-refractivity contribution in [3.8, 4) is 89.8 Å². The predicted octanol–water partition coefficient (Wildman–Crippen LogP) is 15.7. The Kier molecular flexibility index (Phi) is 8.80. The van der Waals surface area contributed by atoms with Gasteiger partial charge in [-0.05, 0) is 97.1 Å². The monoisotopic (exact) mass is 819 g/mol. The van der Waals surface area contributed by atoms with E-state index in [0.717, 1.165) is 72.0 Å². The van der Waals surface area contributed by atoms with E-state index in [-0.39, 0.29) is 5.41 Å². The molecule has 0 spiro atoms. The van der Waals surface area contributed by atoms with Crippen LogP contribution >= 0.6 is 0 Å². The fourth-order valence-corrected chi connectivity index (χ4v) is 9.60. The van der Waals surface area contributed by atoms with Gasteiger partial charge in [0.25, 0.3) is 0 Å². The van der Waals surface area contributed by atoms with Crippen LogP contribution < -0.4 is 0 Å². The van der Waals surface area contributed by atoms with E-state index in [1.54, 1.807) is 0 Å². The number of fused-ring (bicyclic) bond motifs is 6. The van der Waals surface area contributed by atoms with Gasteiger partial charge in [0.1, 0.15) is 11.2 Å². The maximum Gasteiger partial charge on any atom is 0.164 e. The minimum atomic E-state index is -0.0461. The zero-order chi connectivity index (χ0) is 42.8. The van der Waals surface area contributed by atoms with Gasteiger partial charge >= 0.3 is 0 Å². The highest BCUT2D eigenvalue weighted by Crippen LogP contribution is 2.49. The average Bonchev–Trinajstić information content (AvgIpc) is 3.85. The molecule has 0 fully saturated rings. The van der Waals surface area contributed by atoms with E-state index in [2.05, 4.69) is 202 Å². The fourth-order valence-electron chi connectivity index (χ4n) is 9.60. The van der Waals surface area contributed by atoms with Crippen molar-refractivity contribution in [3.05, 3.63) is 223 Å². The molecule has 4 nitrogen and oxygen atoms in total. The second-order valence-electron chi connectivity index (χ2n) is 17.2. The summed E-state index contributed by atoms with van der Waals surface area (Å²) in [6.07, 6.45) is 0. The summed E-state index contributed by atoms with van der Waals surface area (Å²) in [5.41, 5.74) is 18.9. The molecular formula is C60H41N3O. The van der Waals surface area contributed by atoms with Crippen LogP contribution in [0.15, 0.2) is 217 Å². The molecular weight excluding hydrogens is 779 g/mol. The fraction of sp³-hybridized carbons (Fsp3) is 0.0500. The van der Waals surface area contributed by atoms with Crippen LogP contribution in [0.5, 0.6) is 0 Å². The standard InChI is InChI=1S/C60H41N3O/c1-60(2)52-21-10-9-19-48(52)49-33-31-46(37-53(49)60)42-25-23-41(24-26-42)45-32-34-54-51(36-45)56-50(20-12-22-55(56)64-54)59-62-57(43-29-27-40(28-30-43)38-13-5-3-6-14-38)61-58(63-59)47-18-11-17-44(35-47)39-15-7-4-8-16-39/h3-37H,1-2H3. The van der Waals surface area contributed by atoms with Gasteiger partial charge in [-0.15, -0.1) is 0 Å². The molecule has 1 aliphatic carbocycles. The Labute approximate surface area is 372 Å². The van der Waals surface area contributed by atoms with Crippen molar-refractivity contribution in [2.24, 2.45) is 0 Å². The van der Waals surface area contributed by atoms with Crippen LogP contribution in [0.1, 0.15) is 25.0 Å². The van der Waals surface area contributed by atoms with Gasteiger partial charge in [0.2, 0.25) is 0 Å². The maximum absolute atomic E-state index is 6.54. The Morgan fingerprint density at radius 3 is 1.52 bits per heavy atom. The van der Waals surface area contributed by atoms with E-state index in [9.17, 15) is 0 Å². The second kappa shape index (κ2) is 15.0. The highest BCUT2D eigenvalue weighted by Gasteiger charge is 2.35. The van der Waals surface area contributed by atoms with Gasteiger partial charge < -0.3 is 4.42 Å². The van der Waals surface area contributed by atoms with E-state index in [1.165, 1.54) is 33.4 Å². The summed E-state index contributed by atoms with van der Waals surface area (Å²) in [5.74, 6) is 1.79. The van der Waals surface area contributed by atoms with Crippen LogP contribution in [-0.2, 0) is 5.41 Å². The van der Waals surface area contributed by atoms with Crippen LogP contribution in [0.3, 0.4) is 0 Å². The van der Waals surface area contributed by atoms with Gasteiger partial charge in [-0.1, -0.05) is 196 Å². The molecule has 0 aliphatic heterocycles. The number of rotatable bonds is 7.